The minimum atomic E-state index is -4.64. The Morgan fingerprint density at radius 2 is 2.00 bits per heavy atom. The van der Waals surface area contributed by atoms with Gasteiger partial charge < -0.3 is 14.0 Å². The maximum Gasteiger partial charge on any atom is 0.406 e. The van der Waals surface area contributed by atoms with Crippen molar-refractivity contribution < 1.29 is 35.9 Å². The summed E-state index contributed by atoms with van der Waals surface area (Å²) in [6.45, 7) is -1.68. The van der Waals surface area contributed by atoms with E-state index in [1.165, 1.54) is 7.11 Å². The Bertz CT molecular complexity index is 611. The molecular weight excluding hydrogens is 339 g/mol. The normalized spacial score (nSPS) is 12.4. The summed E-state index contributed by atoms with van der Waals surface area (Å²) in [7, 11) is 2.13. The van der Waals surface area contributed by atoms with E-state index in [1.807, 2.05) is 0 Å². The molecule has 0 aliphatic carbocycles. The number of esters is 1. The highest BCUT2D eigenvalue weighted by Gasteiger charge is 2.31. The topological polar surface area (TPSA) is 74.6 Å². The van der Waals surface area contributed by atoms with Crippen molar-refractivity contribution in [2.45, 2.75) is 17.6 Å². The molecule has 0 aliphatic rings. The van der Waals surface area contributed by atoms with E-state index in [2.05, 4.69) is 9.47 Å². The Kier molecular flexibility index (Phi) is 5.65. The van der Waals surface area contributed by atoms with E-state index in [-0.39, 0.29) is 13.2 Å². The molecule has 0 saturated carbocycles. The molecule has 0 aliphatic heterocycles. The van der Waals surface area contributed by atoms with E-state index in [1.54, 1.807) is 0 Å². The van der Waals surface area contributed by atoms with Gasteiger partial charge in [-0.1, -0.05) is 0 Å². The zero-order valence-corrected chi connectivity index (χ0v) is 12.3. The van der Waals surface area contributed by atoms with Crippen LogP contribution in [0.2, 0.25) is 0 Å². The molecule has 0 fully saturated rings. The lowest BCUT2D eigenvalue weighted by Gasteiger charge is -2.11. The van der Waals surface area contributed by atoms with Gasteiger partial charge in [0, 0.05) is 24.0 Å². The van der Waals surface area contributed by atoms with Crippen LogP contribution in [0.5, 0.6) is 0 Å². The lowest BCUT2D eigenvalue weighted by atomic mass is 10.4. The summed E-state index contributed by atoms with van der Waals surface area (Å²) in [5.74, 6) is -1.11. The first-order valence-corrected chi connectivity index (χ1v) is 7.73. The van der Waals surface area contributed by atoms with E-state index in [4.69, 9.17) is 10.7 Å². The molecule has 0 atom stereocenters. The lowest BCUT2D eigenvalue weighted by molar-refractivity contribution is -0.140. The number of halogens is 4. The van der Waals surface area contributed by atoms with Crippen LogP contribution in [-0.2, 0) is 25.1 Å². The van der Waals surface area contributed by atoms with Crippen LogP contribution in [0.4, 0.5) is 13.2 Å². The molecule has 0 spiro atoms. The fourth-order valence-corrected chi connectivity index (χ4v) is 2.16. The van der Waals surface area contributed by atoms with Crippen LogP contribution in [-0.4, -0.2) is 45.5 Å². The highest BCUT2D eigenvalue weighted by molar-refractivity contribution is 8.13. The van der Waals surface area contributed by atoms with Gasteiger partial charge in [-0.25, -0.2) is 13.2 Å². The minimum Gasteiger partial charge on any atom is -0.459 e. The Morgan fingerprint density at radius 1 is 1.38 bits per heavy atom. The van der Waals surface area contributed by atoms with Gasteiger partial charge in [-0.2, -0.15) is 13.2 Å². The molecule has 1 heterocycles. The van der Waals surface area contributed by atoms with Crippen molar-refractivity contribution in [3.05, 3.63) is 18.0 Å². The first kappa shape index (κ1) is 17.8. The van der Waals surface area contributed by atoms with E-state index in [0.717, 1.165) is 6.07 Å². The molecule has 0 N–H and O–H groups in total. The van der Waals surface area contributed by atoms with Crippen LogP contribution >= 0.6 is 10.7 Å². The molecule has 0 unspecified atom stereocenters. The molecular formula is C10H11ClF3NO5S. The average Bonchev–Trinajstić information content (AvgIpc) is 2.70. The zero-order chi connectivity index (χ0) is 16.3. The van der Waals surface area contributed by atoms with Crippen LogP contribution in [0.3, 0.4) is 0 Å². The van der Waals surface area contributed by atoms with Crippen molar-refractivity contribution in [2.24, 2.45) is 0 Å². The molecule has 0 amide bonds. The summed E-state index contributed by atoms with van der Waals surface area (Å²) >= 11 is 0. The second-order valence-corrected chi connectivity index (χ2v) is 6.44. The van der Waals surface area contributed by atoms with Crippen LogP contribution in [0.15, 0.2) is 17.2 Å². The van der Waals surface area contributed by atoms with E-state index in [9.17, 15) is 26.4 Å². The Labute approximate surface area is 122 Å². The summed E-state index contributed by atoms with van der Waals surface area (Å²) in [5.41, 5.74) is -0.567. The van der Waals surface area contributed by atoms with Crippen LogP contribution in [0.1, 0.15) is 10.5 Å². The van der Waals surface area contributed by atoms with E-state index < -0.39 is 38.3 Å². The highest BCUT2D eigenvalue weighted by Crippen LogP contribution is 2.24. The molecule has 21 heavy (non-hydrogen) atoms. The van der Waals surface area contributed by atoms with E-state index >= 15 is 0 Å². The fraction of sp³-hybridized carbons (Fsp3) is 0.500. The van der Waals surface area contributed by atoms with Gasteiger partial charge in [-0.05, 0) is 6.07 Å². The van der Waals surface area contributed by atoms with Gasteiger partial charge >= 0.3 is 12.1 Å². The van der Waals surface area contributed by atoms with Crippen molar-refractivity contribution in [3.63, 3.8) is 0 Å². The van der Waals surface area contributed by atoms with Crippen molar-refractivity contribution in [1.29, 1.82) is 0 Å². The van der Waals surface area contributed by atoms with Crippen molar-refractivity contribution >= 4 is 25.7 Å². The third kappa shape index (κ3) is 5.56. The molecule has 1 rings (SSSR count). The third-order valence-electron chi connectivity index (χ3n) is 2.23. The molecule has 6 nitrogen and oxygen atoms in total. The molecule has 120 valence electrons. The number of rotatable bonds is 6. The standard InChI is InChI=1S/C10H11ClF3NO5S/c1-19-2-3-20-9(16)8-4-7(21(11,17)18)5-15(8)6-10(12,13)14/h4-5H,2-3,6H2,1H3. The van der Waals surface area contributed by atoms with Gasteiger partial charge in [0.2, 0.25) is 0 Å². The second-order valence-electron chi connectivity index (χ2n) is 3.87. The Hall–Kier alpha value is -1.26. The van der Waals surface area contributed by atoms with Crippen LogP contribution < -0.4 is 0 Å². The summed E-state index contributed by atoms with van der Waals surface area (Å²) < 4.78 is 69.3. The largest absolute Gasteiger partial charge is 0.459 e. The van der Waals surface area contributed by atoms with Gasteiger partial charge in [-0.15, -0.1) is 0 Å². The Morgan fingerprint density at radius 3 is 2.48 bits per heavy atom. The molecule has 11 heteroatoms. The molecule has 1 aromatic heterocycles. The predicted octanol–water partition coefficient (Wildman–Crippen LogP) is 1.78. The maximum atomic E-state index is 12.4. The van der Waals surface area contributed by atoms with Gasteiger partial charge in [0.25, 0.3) is 9.05 Å². The van der Waals surface area contributed by atoms with Gasteiger partial charge in [0.05, 0.1) is 6.61 Å². The molecule has 0 bridgehead atoms. The number of nitrogens with zero attached hydrogens (tertiary/aromatic N) is 1. The van der Waals surface area contributed by atoms with Gasteiger partial charge in [0.1, 0.15) is 23.7 Å². The van der Waals surface area contributed by atoms with Gasteiger partial charge in [0.15, 0.2) is 0 Å². The molecule has 0 radical (unpaired) electrons. The fourth-order valence-electron chi connectivity index (χ4n) is 1.40. The number of alkyl halides is 3. The summed E-state index contributed by atoms with van der Waals surface area (Å²) in [6.07, 6.45) is -4.02. The number of methoxy groups -OCH3 is 1. The monoisotopic (exact) mass is 349 g/mol. The van der Waals surface area contributed by atoms with Gasteiger partial charge in [-0.3, -0.25) is 0 Å². The molecule has 0 saturated heterocycles. The SMILES string of the molecule is COCCOC(=O)c1cc(S(=O)(=O)Cl)cn1CC(F)(F)F. The number of carbonyl (C=O) groups excluding carboxylic acids is 1. The highest BCUT2D eigenvalue weighted by atomic mass is 35.7. The number of aromatic nitrogens is 1. The van der Waals surface area contributed by atoms with Crippen molar-refractivity contribution in [2.75, 3.05) is 20.3 Å². The quantitative estimate of drug-likeness (QED) is 0.444. The second kappa shape index (κ2) is 6.67. The molecule has 1 aromatic rings. The number of hydrogen-bond donors (Lipinski definition) is 0. The summed E-state index contributed by atoms with van der Waals surface area (Å²) in [6, 6.07) is 0.725. The minimum absolute atomic E-state index is 0.0480. The maximum absolute atomic E-state index is 12.4. The first-order valence-electron chi connectivity index (χ1n) is 5.42. The summed E-state index contributed by atoms with van der Waals surface area (Å²) in [5, 5.41) is 0. The third-order valence-corrected chi connectivity index (χ3v) is 3.55. The molecule has 0 aromatic carbocycles. The van der Waals surface area contributed by atoms with E-state index in [0.29, 0.717) is 10.8 Å². The van der Waals surface area contributed by atoms with Crippen LogP contribution in [0, 0.1) is 0 Å². The van der Waals surface area contributed by atoms with Crippen molar-refractivity contribution in [1.82, 2.24) is 4.57 Å². The smallest absolute Gasteiger partial charge is 0.406 e. The lowest BCUT2D eigenvalue weighted by Crippen LogP contribution is -2.21. The average molecular weight is 350 g/mol. The Balaban J connectivity index is 3.09. The number of ether oxygens (including phenoxy) is 2. The van der Waals surface area contributed by atoms with Crippen molar-refractivity contribution in [3.8, 4) is 0 Å². The first-order chi connectivity index (χ1) is 9.54. The number of hydrogen-bond acceptors (Lipinski definition) is 5. The summed E-state index contributed by atoms with van der Waals surface area (Å²) in [4.78, 5) is 11.0. The number of carbonyl (C=O) groups is 1. The predicted molar refractivity (Wildman–Crippen MR) is 65.7 cm³/mol. The van der Waals surface area contributed by atoms with Crippen LogP contribution in [0.25, 0.3) is 0 Å². The zero-order valence-electron chi connectivity index (χ0n) is 10.7.